The molecule has 38 heavy (non-hydrogen) atoms. The number of furan rings is 1. The minimum atomic E-state index is -0.211. The molecular formula is C33H32IrNO3-. The molecule has 0 bridgehead atoms. The topological polar surface area (TPSA) is 63.3 Å². The molecule has 0 saturated carbocycles. The number of nitrogens with zero attached hydrogens (tertiary/aromatic N) is 1. The zero-order valence-electron chi connectivity index (χ0n) is 22.8. The molecule has 0 unspecified atom stereocenters. The molecule has 1 radical (unpaired) electrons. The smallest absolute Gasteiger partial charge is 0.155 e. The summed E-state index contributed by atoms with van der Waals surface area (Å²) in [6.07, 6.45) is 1.17. The number of carbonyl (C=O) groups excluding carboxylic acids is 1. The maximum atomic E-state index is 10.0. The first-order valence-corrected chi connectivity index (χ1v) is 12.6. The second kappa shape index (κ2) is 9.80. The maximum absolute atomic E-state index is 10.0. The van der Waals surface area contributed by atoms with E-state index in [0.29, 0.717) is 0 Å². The van der Waals surface area contributed by atoms with E-state index in [9.17, 15) is 4.79 Å². The van der Waals surface area contributed by atoms with Gasteiger partial charge in [0.05, 0.1) is 16.9 Å². The van der Waals surface area contributed by atoms with Gasteiger partial charge in [-0.1, -0.05) is 75.9 Å². The molecule has 0 amide bonds. The summed E-state index contributed by atoms with van der Waals surface area (Å²) in [5.41, 5.74) is 8.66. The first-order chi connectivity index (χ1) is 17.4. The van der Waals surface area contributed by atoms with Crippen LogP contribution in [0.3, 0.4) is 0 Å². The Morgan fingerprint density at radius 3 is 2.34 bits per heavy atom. The van der Waals surface area contributed by atoms with Crippen LogP contribution in [0.4, 0.5) is 0 Å². The molecule has 3 aromatic carbocycles. The summed E-state index contributed by atoms with van der Waals surface area (Å²) in [7, 11) is 0. The second-order valence-electron chi connectivity index (χ2n) is 11.4. The number of benzene rings is 3. The van der Waals surface area contributed by atoms with E-state index in [2.05, 4.69) is 83.1 Å². The van der Waals surface area contributed by atoms with E-state index in [-0.39, 0.29) is 42.5 Å². The average molecular weight is 683 g/mol. The van der Waals surface area contributed by atoms with Crippen LogP contribution in [0, 0.1) is 6.07 Å². The molecule has 0 saturated heterocycles. The van der Waals surface area contributed by atoms with Crippen molar-refractivity contribution in [3.8, 4) is 11.3 Å². The quantitative estimate of drug-likeness (QED) is 0.109. The van der Waals surface area contributed by atoms with E-state index in [0.717, 1.165) is 33.3 Å². The summed E-state index contributed by atoms with van der Waals surface area (Å²) >= 11 is 0. The number of aliphatic hydroxyl groups is 1. The molecule has 2 heterocycles. The molecule has 4 nitrogen and oxygen atoms in total. The van der Waals surface area contributed by atoms with Crippen LogP contribution in [0.25, 0.3) is 44.1 Å². The van der Waals surface area contributed by atoms with Crippen molar-refractivity contribution in [1.29, 1.82) is 0 Å². The number of hydrogen-bond acceptors (Lipinski definition) is 4. The van der Waals surface area contributed by atoms with E-state index < -0.39 is 0 Å². The fourth-order valence-electron chi connectivity index (χ4n) is 5.26. The van der Waals surface area contributed by atoms with Crippen molar-refractivity contribution in [3.05, 3.63) is 89.2 Å². The molecule has 6 rings (SSSR count). The van der Waals surface area contributed by atoms with E-state index in [4.69, 9.17) is 14.5 Å². The standard InChI is InChI=1S/C28H24NO.C5H8O2.Ir/c1-27(2,3)17-12-13-21-16(14-17)15-20-26(29-21)18-8-6-10-22-24(18)25-19(28(20,4)5)9-7-11-23(25)30-22;1-4(6)3-5(2)7;/h6-7,9-15H,1-5H3;3,6H,1-2H3;/q-1;;/b;4-3-;. The van der Waals surface area contributed by atoms with Gasteiger partial charge in [0.25, 0.3) is 0 Å². The number of carbonyl (C=O) groups is 1. The van der Waals surface area contributed by atoms with Gasteiger partial charge in [-0.15, -0.1) is 17.7 Å². The average Bonchev–Trinajstić information content (AvgIpc) is 3.17. The van der Waals surface area contributed by atoms with Crippen molar-refractivity contribution in [1.82, 2.24) is 4.98 Å². The van der Waals surface area contributed by atoms with Crippen molar-refractivity contribution in [2.45, 2.75) is 59.3 Å². The SMILES string of the molecule is CC(=O)/C=C(/C)O.CC(C)(C)c1ccc2nc3c(cc2c1)C(C)(C)c1cccc2oc4cc[c-]c-3c4c12.[Ir]. The molecule has 0 atom stereocenters. The van der Waals surface area contributed by atoms with Gasteiger partial charge in [0.1, 0.15) is 5.58 Å². The molecule has 1 aliphatic rings. The van der Waals surface area contributed by atoms with Crippen LogP contribution in [0.15, 0.2) is 70.8 Å². The van der Waals surface area contributed by atoms with Crippen molar-refractivity contribution in [2.24, 2.45) is 0 Å². The van der Waals surface area contributed by atoms with Gasteiger partial charge in [0.15, 0.2) is 5.78 Å². The zero-order valence-corrected chi connectivity index (χ0v) is 25.2. The van der Waals surface area contributed by atoms with Crippen molar-refractivity contribution in [3.63, 3.8) is 0 Å². The molecule has 0 aliphatic heterocycles. The fraction of sp³-hybridized carbons (Fsp3) is 0.273. The summed E-state index contributed by atoms with van der Waals surface area (Å²) in [5, 5.41) is 11.9. The van der Waals surface area contributed by atoms with Crippen LogP contribution in [0.2, 0.25) is 0 Å². The third kappa shape index (κ3) is 4.70. The predicted octanol–water partition coefficient (Wildman–Crippen LogP) is 8.57. The minimum Gasteiger partial charge on any atom is -0.512 e. The van der Waals surface area contributed by atoms with Gasteiger partial charge in [-0.05, 0) is 65.1 Å². The molecular weight excluding hydrogens is 651 g/mol. The Balaban J connectivity index is 0.000000375. The molecule has 2 aromatic heterocycles. The second-order valence-corrected chi connectivity index (χ2v) is 11.4. The third-order valence-corrected chi connectivity index (χ3v) is 7.13. The number of aromatic nitrogens is 1. The molecule has 197 valence electrons. The Morgan fingerprint density at radius 2 is 1.71 bits per heavy atom. The summed E-state index contributed by atoms with van der Waals surface area (Å²) in [4.78, 5) is 15.2. The van der Waals surface area contributed by atoms with Gasteiger partial charge in [-0.3, -0.25) is 9.78 Å². The molecule has 5 aromatic rings. The number of allylic oxidation sites excluding steroid dienone is 2. The first-order valence-electron chi connectivity index (χ1n) is 12.6. The van der Waals surface area contributed by atoms with Crippen LogP contribution in [-0.4, -0.2) is 15.9 Å². The zero-order chi connectivity index (χ0) is 26.7. The number of ketones is 1. The van der Waals surface area contributed by atoms with Gasteiger partial charge >= 0.3 is 0 Å². The predicted molar refractivity (Wildman–Crippen MR) is 151 cm³/mol. The fourth-order valence-corrected chi connectivity index (χ4v) is 5.26. The maximum Gasteiger partial charge on any atom is 0.155 e. The van der Waals surface area contributed by atoms with E-state index in [1.165, 1.54) is 47.4 Å². The van der Waals surface area contributed by atoms with Gasteiger partial charge in [-0.2, -0.15) is 0 Å². The number of hydrogen-bond donors (Lipinski definition) is 1. The summed E-state index contributed by atoms with van der Waals surface area (Å²) < 4.78 is 6.21. The largest absolute Gasteiger partial charge is 0.512 e. The van der Waals surface area contributed by atoms with Crippen molar-refractivity contribution in [2.75, 3.05) is 0 Å². The van der Waals surface area contributed by atoms with Gasteiger partial charge in [0.2, 0.25) is 0 Å². The molecule has 1 N–H and O–H groups in total. The minimum absolute atomic E-state index is 0. The monoisotopic (exact) mass is 683 g/mol. The Morgan fingerprint density at radius 1 is 1.00 bits per heavy atom. The Kier molecular flexibility index (Phi) is 7.16. The summed E-state index contributed by atoms with van der Waals surface area (Å²) in [6.45, 7) is 14.2. The number of rotatable bonds is 1. The Hall–Kier alpha value is -3.27. The number of fused-ring (bicyclic) bond motifs is 3. The number of pyridine rings is 1. The molecule has 5 heteroatoms. The van der Waals surface area contributed by atoms with E-state index >= 15 is 0 Å². The van der Waals surface area contributed by atoms with Crippen molar-refractivity contribution < 1.29 is 34.4 Å². The third-order valence-electron chi connectivity index (χ3n) is 7.13. The number of aliphatic hydroxyl groups excluding tert-OH is 1. The van der Waals surface area contributed by atoms with Crippen LogP contribution < -0.4 is 0 Å². The molecule has 1 aliphatic carbocycles. The van der Waals surface area contributed by atoms with Crippen molar-refractivity contribution >= 4 is 38.6 Å². The normalized spacial score (nSPS) is 14.0. The Labute approximate surface area is 237 Å². The van der Waals surface area contributed by atoms with Crippen LogP contribution >= 0.6 is 0 Å². The Bertz CT molecular complexity index is 1730. The first kappa shape index (κ1) is 27.8. The molecule has 0 spiro atoms. The van der Waals surface area contributed by atoms with Gasteiger partial charge < -0.3 is 9.52 Å². The van der Waals surface area contributed by atoms with E-state index in [1.54, 1.807) is 0 Å². The van der Waals surface area contributed by atoms with Gasteiger partial charge in [0, 0.05) is 31.6 Å². The summed E-state index contributed by atoms with van der Waals surface area (Å²) in [5.74, 6) is -0.0625. The summed E-state index contributed by atoms with van der Waals surface area (Å²) in [6, 6.07) is 22.9. The van der Waals surface area contributed by atoms with E-state index in [1.807, 2.05) is 12.1 Å². The van der Waals surface area contributed by atoms with Gasteiger partial charge in [-0.25, -0.2) is 0 Å². The van der Waals surface area contributed by atoms with Crippen LogP contribution in [-0.2, 0) is 35.7 Å². The van der Waals surface area contributed by atoms with Crippen LogP contribution in [0.5, 0.6) is 0 Å². The van der Waals surface area contributed by atoms with Crippen LogP contribution in [0.1, 0.15) is 65.2 Å². The molecule has 0 fully saturated rings.